The van der Waals surface area contributed by atoms with Crippen molar-refractivity contribution in [1.29, 1.82) is 0 Å². The molecule has 1 heterocycles. The highest BCUT2D eigenvalue weighted by Gasteiger charge is 2.26. The van der Waals surface area contributed by atoms with E-state index in [0.29, 0.717) is 24.1 Å². The third-order valence-electron chi connectivity index (χ3n) is 4.97. The number of rotatable bonds is 11. The zero-order valence-corrected chi connectivity index (χ0v) is 17.8. The summed E-state index contributed by atoms with van der Waals surface area (Å²) in [6.45, 7) is 7.07. The Morgan fingerprint density at radius 3 is 2.29 bits per heavy atom. The van der Waals surface area contributed by atoms with E-state index >= 15 is 0 Å². The third-order valence-corrected chi connectivity index (χ3v) is 4.97. The molecule has 0 atom stereocenters. The highest BCUT2D eigenvalue weighted by Crippen LogP contribution is 2.29. The van der Waals surface area contributed by atoms with Crippen molar-refractivity contribution in [2.24, 2.45) is 0 Å². The highest BCUT2D eigenvalue weighted by atomic mass is 16.5. The van der Waals surface area contributed by atoms with Crippen molar-refractivity contribution in [3.8, 4) is 5.75 Å². The monoisotopic (exact) mass is 386 g/mol. The topological polar surface area (TPSA) is 68.2 Å². The van der Waals surface area contributed by atoms with Gasteiger partial charge in [-0.25, -0.2) is 4.98 Å². The van der Waals surface area contributed by atoms with Gasteiger partial charge in [0, 0.05) is 26.1 Å². The SMILES string of the molecule is CCCC(CCC)n1c(CC)nc(NCc2ccc(OC)cc2)c1C(=O)NC. The number of carbonyl (C=O) groups excluding carboxylic acids is 1. The van der Waals surface area contributed by atoms with E-state index in [9.17, 15) is 4.79 Å². The Morgan fingerprint density at radius 1 is 1.14 bits per heavy atom. The molecule has 154 valence electrons. The fourth-order valence-corrected chi connectivity index (χ4v) is 3.58. The van der Waals surface area contributed by atoms with Crippen LogP contribution >= 0.6 is 0 Å². The molecule has 0 radical (unpaired) electrons. The average Bonchev–Trinajstić information content (AvgIpc) is 3.10. The van der Waals surface area contributed by atoms with Crippen LogP contribution in [0, 0.1) is 0 Å². The van der Waals surface area contributed by atoms with Gasteiger partial charge in [0.2, 0.25) is 0 Å². The maximum Gasteiger partial charge on any atom is 0.271 e. The second kappa shape index (κ2) is 10.7. The highest BCUT2D eigenvalue weighted by molar-refractivity contribution is 5.97. The first kappa shape index (κ1) is 21.8. The number of methoxy groups -OCH3 is 1. The number of benzene rings is 1. The Kier molecular flexibility index (Phi) is 8.36. The first-order valence-electron chi connectivity index (χ1n) is 10.3. The molecule has 0 spiro atoms. The number of hydrogen-bond donors (Lipinski definition) is 2. The standard InChI is InChI=1S/C22H34N4O2/c1-6-9-17(10-7-2)26-19(8-3)25-21(20(26)22(27)23-4)24-15-16-11-13-18(28-5)14-12-16/h11-14,17,24H,6-10,15H2,1-5H3,(H,23,27). The number of imidazole rings is 1. The lowest BCUT2D eigenvalue weighted by atomic mass is 10.1. The van der Waals surface area contributed by atoms with Crippen LogP contribution in [-0.2, 0) is 13.0 Å². The molecule has 1 amide bonds. The number of carbonyl (C=O) groups is 1. The summed E-state index contributed by atoms with van der Waals surface area (Å²) < 4.78 is 7.38. The number of amides is 1. The fourth-order valence-electron chi connectivity index (χ4n) is 3.58. The molecule has 28 heavy (non-hydrogen) atoms. The molecule has 2 aromatic rings. The van der Waals surface area contributed by atoms with Gasteiger partial charge in [0.15, 0.2) is 11.5 Å². The minimum Gasteiger partial charge on any atom is -0.497 e. The summed E-state index contributed by atoms with van der Waals surface area (Å²) in [6.07, 6.45) is 5.03. The van der Waals surface area contributed by atoms with Crippen molar-refractivity contribution < 1.29 is 9.53 Å². The largest absolute Gasteiger partial charge is 0.497 e. The number of hydrogen-bond acceptors (Lipinski definition) is 4. The van der Waals surface area contributed by atoms with Gasteiger partial charge in [-0.1, -0.05) is 45.7 Å². The molecule has 0 aliphatic carbocycles. The summed E-state index contributed by atoms with van der Waals surface area (Å²) in [7, 11) is 3.33. The normalized spacial score (nSPS) is 10.9. The summed E-state index contributed by atoms with van der Waals surface area (Å²) in [5.74, 6) is 2.35. The number of nitrogens with zero attached hydrogens (tertiary/aromatic N) is 2. The van der Waals surface area contributed by atoms with Gasteiger partial charge in [-0.2, -0.15) is 0 Å². The molecule has 0 aliphatic rings. The van der Waals surface area contributed by atoms with E-state index in [1.807, 2.05) is 24.3 Å². The third kappa shape index (κ3) is 5.06. The lowest BCUT2D eigenvalue weighted by Crippen LogP contribution is -2.26. The zero-order chi connectivity index (χ0) is 20.5. The molecule has 0 unspecified atom stereocenters. The number of nitrogens with one attached hydrogen (secondary N) is 2. The van der Waals surface area contributed by atoms with Gasteiger partial charge >= 0.3 is 0 Å². The molecule has 6 nitrogen and oxygen atoms in total. The number of anilines is 1. The molecule has 0 aliphatic heterocycles. The van der Waals surface area contributed by atoms with Crippen LogP contribution in [-0.4, -0.2) is 29.6 Å². The van der Waals surface area contributed by atoms with Crippen molar-refractivity contribution in [1.82, 2.24) is 14.9 Å². The average molecular weight is 387 g/mol. The van der Waals surface area contributed by atoms with Crippen LogP contribution in [0.3, 0.4) is 0 Å². The Labute approximate surface area is 168 Å². The maximum atomic E-state index is 12.8. The number of ether oxygens (including phenoxy) is 1. The second-order valence-electron chi connectivity index (χ2n) is 6.96. The van der Waals surface area contributed by atoms with Gasteiger partial charge in [-0.15, -0.1) is 0 Å². The van der Waals surface area contributed by atoms with Gasteiger partial charge in [-0.05, 0) is 30.5 Å². The maximum absolute atomic E-state index is 12.8. The van der Waals surface area contributed by atoms with Gasteiger partial charge in [0.1, 0.15) is 11.6 Å². The summed E-state index contributed by atoms with van der Waals surface area (Å²) in [4.78, 5) is 17.6. The summed E-state index contributed by atoms with van der Waals surface area (Å²) in [5.41, 5.74) is 1.75. The van der Waals surface area contributed by atoms with E-state index in [0.717, 1.165) is 49.2 Å². The van der Waals surface area contributed by atoms with Crippen molar-refractivity contribution >= 4 is 11.7 Å². The number of aromatic nitrogens is 2. The second-order valence-corrected chi connectivity index (χ2v) is 6.96. The van der Waals surface area contributed by atoms with Crippen LogP contribution in [0.2, 0.25) is 0 Å². The predicted molar refractivity (Wildman–Crippen MR) is 114 cm³/mol. The Hall–Kier alpha value is -2.50. The Balaban J connectivity index is 2.37. The Morgan fingerprint density at radius 2 is 1.79 bits per heavy atom. The van der Waals surface area contributed by atoms with Crippen molar-refractivity contribution in [3.05, 3.63) is 41.3 Å². The minimum atomic E-state index is -0.0957. The van der Waals surface area contributed by atoms with Gasteiger partial charge in [-0.3, -0.25) is 4.79 Å². The molecule has 2 N–H and O–H groups in total. The molecule has 0 bridgehead atoms. The van der Waals surface area contributed by atoms with E-state index < -0.39 is 0 Å². The van der Waals surface area contributed by atoms with Crippen LogP contribution in [0.15, 0.2) is 24.3 Å². The van der Waals surface area contributed by atoms with Crippen molar-refractivity contribution in [2.75, 3.05) is 19.5 Å². The van der Waals surface area contributed by atoms with Crippen LogP contribution < -0.4 is 15.4 Å². The van der Waals surface area contributed by atoms with E-state index in [1.54, 1.807) is 14.2 Å². The van der Waals surface area contributed by atoms with E-state index in [-0.39, 0.29) is 5.91 Å². The molecule has 1 aromatic heterocycles. The van der Waals surface area contributed by atoms with Crippen LogP contribution in [0.25, 0.3) is 0 Å². The molecule has 2 rings (SSSR count). The lowest BCUT2D eigenvalue weighted by molar-refractivity contribution is 0.0951. The van der Waals surface area contributed by atoms with Crippen LogP contribution in [0.5, 0.6) is 5.75 Å². The van der Waals surface area contributed by atoms with E-state index in [1.165, 1.54) is 0 Å². The first-order valence-corrected chi connectivity index (χ1v) is 10.3. The molecule has 0 fully saturated rings. The quantitative estimate of drug-likeness (QED) is 0.594. The predicted octanol–water partition coefficient (Wildman–Crippen LogP) is 4.57. The number of aryl methyl sites for hydroxylation is 1. The summed E-state index contributed by atoms with van der Waals surface area (Å²) >= 11 is 0. The molecule has 0 saturated heterocycles. The zero-order valence-electron chi connectivity index (χ0n) is 17.8. The van der Waals surface area contributed by atoms with Gasteiger partial charge in [0.05, 0.1) is 7.11 Å². The van der Waals surface area contributed by atoms with Gasteiger partial charge in [0.25, 0.3) is 5.91 Å². The summed E-state index contributed by atoms with van der Waals surface area (Å²) in [5, 5.41) is 6.18. The summed E-state index contributed by atoms with van der Waals surface area (Å²) in [6, 6.07) is 8.19. The van der Waals surface area contributed by atoms with Gasteiger partial charge < -0.3 is 19.9 Å². The molecular formula is C22H34N4O2. The smallest absolute Gasteiger partial charge is 0.271 e. The molecule has 1 aromatic carbocycles. The Bertz CT molecular complexity index is 747. The van der Waals surface area contributed by atoms with Crippen molar-refractivity contribution in [2.45, 2.75) is 65.5 Å². The van der Waals surface area contributed by atoms with Crippen LogP contribution in [0.4, 0.5) is 5.82 Å². The van der Waals surface area contributed by atoms with E-state index in [4.69, 9.17) is 9.72 Å². The lowest BCUT2D eigenvalue weighted by Gasteiger charge is -2.22. The van der Waals surface area contributed by atoms with Crippen LogP contribution in [0.1, 0.15) is 74.4 Å². The molecule has 0 saturated carbocycles. The first-order chi connectivity index (χ1) is 13.6. The molecule has 6 heteroatoms. The fraction of sp³-hybridized carbons (Fsp3) is 0.545. The van der Waals surface area contributed by atoms with E-state index in [2.05, 4.69) is 36.0 Å². The molecular weight excluding hydrogens is 352 g/mol. The van der Waals surface area contributed by atoms with Crippen molar-refractivity contribution in [3.63, 3.8) is 0 Å². The minimum absolute atomic E-state index is 0.0957.